The molecule has 0 unspecified atom stereocenters. The largest absolute Gasteiger partial charge is 0.543 e. The summed E-state index contributed by atoms with van der Waals surface area (Å²) in [6.07, 6.45) is 0. The first-order chi connectivity index (χ1) is 11.1. The molecular formula is C20H36O3Si2. The van der Waals surface area contributed by atoms with Gasteiger partial charge in [0.15, 0.2) is 0 Å². The summed E-state index contributed by atoms with van der Waals surface area (Å²) in [6.45, 7) is 21.9. The third-order valence-electron chi connectivity index (χ3n) is 4.66. The van der Waals surface area contributed by atoms with Gasteiger partial charge in [-0.2, -0.15) is 0 Å². The Morgan fingerprint density at radius 2 is 1.56 bits per heavy atom. The minimum atomic E-state index is -1.96. The van der Waals surface area contributed by atoms with Crippen LogP contribution in [0.15, 0.2) is 18.2 Å². The quantitative estimate of drug-likeness (QED) is 0.648. The minimum absolute atomic E-state index is 0.0189. The van der Waals surface area contributed by atoms with Crippen molar-refractivity contribution in [3.8, 4) is 5.75 Å². The van der Waals surface area contributed by atoms with Crippen LogP contribution in [0.3, 0.4) is 0 Å². The molecule has 0 aliphatic carbocycles. The Morgan fingerprint density at radius 1 is 1.00 bits per heavy atom. The number of aliphatic hydroxyl groups excluding tert-OH is 1. The maximum absolute atomic E-state index is 9.57. The van der Waals surface area contributed by atoms with E-state index in [0.29, 0.717) is 9.76 Å². The molecule has 2 radical (unpaired) electrons. The van der Waals surface area contributed by atoms with E-state index in [0.717, 1.165) is 16.9 Å². The van der Waals surface area contributed by atoms with Crippen LogP contribution in [0.1, 0.15) is 66.5 Å². The Hall–Kier alpha value is -0.626. The molecule has 0 saturated heterocycles. The van der Waals surface area contributed by atoms with Gasteiger partial charge in [-0.3, -0.25) is 0 Å². The number of hydrogen-bond acceptors (Lipinski definition) is 3. The van der Waals surface area contributed by atoms with Gasteiger partial charge in [0, 0.05) is 5.56 Å². The Kier molecular flexibility index (Phi) is 6.77. The van der Waals surface area contributed by atoms with E-state index in [1.807, 2.05) is 18.2 Å². The fraction of sp³-hybridized carbons (Fsp3) is 0.700. The number of aliphatic hydroxyl groups is 1. The molecule has 1 N–H and O–H groups in total. The highest BCUT2D eigenvalue weighted by atomic mass is 28.4. The molecule has 0 saturated carbocycles. The van der Waals surface area contributed by atoms with Crippen LogP contribution in [0.25, 0.3) is 0 Å². The van der Waals surface area contributed by atoms with E-state index < -0.39 is 13.9 Å². The van der Waals surface area contributed by atoms with Crippen molar-refractivity contribution in [2.24, 2.45) is 0 Å². The van der Waals surface area contributed by atoms with Crippen LogP contribution >= 0.6 is 0 Å². The SMILES string of the molecule is CC(C)(C)[Si]OC(C)(C)c1cc(CO)ccc1O[Si](C)(C)C(C)(C)C. The van der Waals surface area contributed by atoms with Crippen LogP contribution in [-0.4, -0.2) is 23.2 Å². The van der Waals surface area contributed by atoms with E-state index in [1.165, 1.54) is 0 Å². The molecule has 0 aromatic heterocycles. The van der Waals surface area contributed by atoms with E-state index in [9.17, 15) is 5.11 Å². The number of benzene rings is 1. The van der Waals surface area contributed by atoms with Crippen LogP contribution in [0.5, 0.6) is 5.75 Å². The monoisotopic (exact) mass is 380 g/mol. The Labute approximate surface area is 158 Å². The molecule has 0 atom stereocenters. The Balaban J connectivity index is 3.28. The Bertz CT molecular complexity index is 582. The summed E-state index contributed by atoms with van der Waals surface area (Å²) in [5, 5.41) is 9.81. The summed E-state index contributed by atoms with van der Waals surface area (Å²) < 4.78 is 12.9. The Morgan fingerprint density at radius 3 is 2.00 bits per heavy atom. The zero-order chi connectivity index (χ0) is 19.7. The highest BCUT2D eigenvalue weighted by Crippen LogP contribution is 2.41. The summed E-state index contributed by atoms with van der Waals surface area (Å²) in [5.74, 6) is 0.882. The molecule has 142 valence electrons. The van der Waals surface area contributed by atoms with Crippen molar-refractivity contribution < 1.29 is 14.0 Å². The van der Waals surface area contributed by atoms with Gasteiger partial charge in [-0.05, 0) is 54.7 Å². The standard InChI is InChI=1S/C20H36O3Si2/c1-18(2,3)24-23-20(7,8)16-13-15(14-21)11-12-17(16)22-25(9,10)19(4,5)6/h11-13,21H,14H2,1-10H3. The van der Waals surface area contributed by atoms with E-state index >= 15 is 0 Å². The molecule has 5 heteroatoms. The van der Waals surface area contributed by atoms with Crippen molar-refractivity contribution in [3.05, 3.63) is 29.3 Å². The van der Waals surface area contributed by atoms with Gasteiger partial charge in [0.25, 0.3) is 0 Å². The third-order valence-corrected chi connectivity index (χ3v) is 10.2. The van der Waals surface area contributed by atoms with Crippen molar-refractivity contribution >= 4 is 18.1 Å². The van der Waals surface area contributed by atoms with E-state index in [-0.39, 0.29) is 16.7 Å². The van der Waals surface area contributed by atoms with Crippen molar-refractivity contribution in [2.75, 3.05) is 0 Å². The molecular weight excluding hydrogens is 344 g/mol. The van der Waals surface area contributed by atoms with Crippen molar-refractivity contribution in [3.63, 3.8) is 0 Å². The van der Waals surface area contributed by atoms with Gasteiger partial charge in [-0.15, -0.1) is 0 Å². The maximum atomic E-state index is 9.57. The maximum Gasteiger partial charge on any atom is 0.250 e. The lowest BCUT2D eigenvalue weighted by atomic mass is 9.95. The first-order valence-electron chi connectivity index (χ1n) is 8.97. The fourth-order valence-corrected chi connectivity index (χ4v) is 3.70. The molecule has 1 aromatic carbocycles. The normalized spacial score (nSPS) is 13.9. The lowest BCUT2D eigenvalue weighted by molar-refractivity contribution is 0.107. The highest BCUT2D eigenvalue weighted by molar-refractivity contribution is 6.74. The molecule has 0 amide bonds. The molecule has 0 aliphatic rings. The van der Waals surface area contributed by atoms with Crippen molar-refractivity contribution in [1.82, 2.24) is 0 Å². The van der Waals surface area contributed by atoms with Crippen LogP contribution < -0.4 is 4.43 Å². The van der Waals surface area contributed by atoms with Crippen LogP contribution in [-0.2, 0) is 16.6 Å². The summed E-state index contributed by atoms with van der Waals surface area (Å²) in [7, 11) is -1.58. The van der Waals surface area contributed by atoms with Gasteiger partial charge >= 0.3 is 0 Å². The number of hydrogen-bond donors (Lipinski definition) is 1. The molecule has 25 heavy (non-hydrogen) atoms. The second kappa shape index (κ2) is 7.55. The second-order valence-corrected chi connectivity index (χ2v) is 16.4. The molecule has 0 spiro atoms. The van der Waals surface area contributed by atoms with Crippen LogP contribution in [0.4, 0.5) is 0 Å². The van der Waals surface area contributed by atoms with Crippen molar-refractivity contribution in [2.45, 2.75) is 90.8 Å². The summed E-state index contributed by atoms with van der Waals surface area (Å²) in [5.41, 5.74) is 1.42. The molecule has 0 fully saturated rings. The first kappa shape index (κ1) is 22.4. The minimum Gasteiger partial charge on any atom is -0.543 e. The van der Waals surface area contributed by atoms with Crippen LogP contribution in [0.2, 0.25) is 23.2 Å². The van der Waals surface area contributed by atoms with E-state index in [4.69, 9.17) is 8.85 Å². The second-order valence-electron chi connectivity index (χ2n) is 9.82. The van der Waals surface area contributed by atoms with Gasteiger partial charge in [0.1, 0.15) is 5.75 Å². The molecule has 0 aliphatic heterocycles. The zero-order valence-corrected chi connectivity index (χ0v) is 19.7. The molecule has 1 rings (SSSR count). The molecule has 0 bridgehead atoms. The van der Waals surface area contributed by atoms with Gasteiger partial charge in [-0.25, -0.2) is 0 Å². The van der Waals surface area contributed by atoms with E-state index in [2.05, 4.69) is 68.5 Å². The van der Waals surface area contributed by atoms with Crippen molar-refractivity contribution in [1.29, 1.82) is 0 Å². The predicted octanol–water partition coefficient (Wildman–Crippen LogP) is 5.65. The summed E-state index contributed by atoms with van der Waals surface area (Å²) in [6, 6.07) is 5.95. The fourth-order valence-electron chi connectivity index (χ4n) is 2.00. The highest BCUT2D eigenvalue weighted by Gasteiger charge is 2.40. The smallest absolute Gasteiger partial charge is 0.250 e. The average molecular weight is 381 g/mol. The molecule has 0 heterocycles. The molecule has 1 aromatic rings. The lowest BCUT2D eigenvalue weighted by Gasteiger charge is -2.39. The van der Waals surface area contributed by atoms with Gasteiger partial charge in [0.05, 0.1) is 12.2 Å². The summed E-state index contributed by atoms with van der Waals surface area (Å²) in [4.78, 5) is 0. The predicted molar refractivity (Wildman–Crippen MR) is 110 cm³/mol. The number of rotatable bonds is 6. The topological polar surface area (TPSA) is 38.7 Å². The van der Waals surface area contributed by atoms with Crippen LogP contribution in [0, 0.1) is 0 Å². The third kappa shape index (κ3) is 6.24. The van der Waals surface area contributed by atoms with Gasteiger partial charge in [0.2, 0.25) is 18.1 Å². The van der Waals surface area contributed by atoms with E-state index in [1.54, 1.807) is 0 Å². The first-order valence-corrected chi connectivity index (χ1v) is 12.8. The summed E-state index contributed by atoms with van der Waals surface area (Å²) >= 11 is 0. The van der Waals surface area contributed by atoms with Gasteiger partial charge in [-0.1, -0.05) is 47.6 Å². The zero-order valence-electron chi connectivity index (χ0n) is 17.7. The molecule has 3 nitrogen and oxygen atoms in total. The average Bonchev–Trinajstić information content (AvgIpc) is 2.43. The van der Waals surface area contributed by atoms with Gasteiger partial charge < -0.3 is 14.0 Å². The lowest BCUT2D eigenvalue weighted by Crippen LogP contribution is -2.44.